The topological polar surface area (TPSA) is 300 Å². The Bertz CT molecular complexity index is 417. The third kappa shape index (κ3) is 396. The highest BCUT2D eigenvalue weighted by atomic mass is 16.4. The summed E-state index contributed by atoms with van der Waals surface area (Å²) in [7, 11) is 0. The Kier molecular flexibility index (Phi) is 51.1. The Morgan fingerprint density at radius 3 is 0.781 bits per heavy atom. The monoisotopic (exact) mass is 476 g/mol. The third-order valence-corrected chi connectivity index (χ3v) is 1.20. The average Bonchev–Trinajstić information content (AvgIpc) is 2.55. The van der Waals surface area contributed by atoms with Crippen molar-refractivity contribution in [2.24, 2.45) is 11.5 Å². The van der Waals surface area contributed by atoms with E-state index in [1.54, 1.807) is 0 Å². The van der Waals surface area contributed by atoms with Gasteiger partial charge in [-0.15, -0.1) is 0 Å². The second-order valence-corrected chi connectivity index (χ2v) is 4.79. The first kappa shape index (κ1) is 42.7. The zero-order valence-corrected chi connectivity index (χ0v) is 18.5. The second-order valence-electron chi connectivity index (χ2n) is 4.79. The molecule has 0 amide bonds. The van der Waals surface area contributed by atoms with E-state index in [4.69, 9.17) is 61.3 Å². The second kappa shape index (κ2) is 38.3. The van der Waals surface area contributed by atoms with E-state index in [0.29, 0.717) is 26.2 Å². The van der Waals surface area contributed by atoms with E-state index in [9.17, 15) is 9.59 Å². The van der Waals surface area contributed by atoms with Crippen LogP contribution in [-0.4, -0.2) is 106 Å². The van der Waals surface area contributed by atoms with E-state index in [0.717, 1.165) is 27.7 Å². The van der Waals surface area contributed by atoms with Gasteiger partial charge in [-0.25, -0.2) is 0 Å². The molecule has 12 N–H and O–H groups in total. The first-order chi connectivity index (χ1) is 14.5. The standard InChI is InChI=1S/C6H12N2O4.C2H8N2.4C2H4O2/c9-5(10)3-7-1-2-8-4-6(11)12;3-1-2-4;4*1-2(3)4/h7-8H,1-4H2,(H,9,10)(H,11,12);1-4H2;4*1H3,(H,3,4). The molecule has 0 saturated carbocycles. The minimum Gasteiger partial charge on any atom is -0.481 e. The van der Waals surface area contributed by atoms with Gasteiger partial charge in [-0.05, 0) is 0 Å². The molecule has 32 heavy (non-hydrogen) atoms. The van der Waals surface area contributed by atoms with E-state index >= 15 is 0 Å². The number of hydrogen-bond donors (Lipinski definition) is 10. The number of hydrogen-bond acceptors (Lipinski definition) is 10. The molecule has 0 saturated heterocycles. The quantitative estimate of drug-likeness (QED) is 0.163. The van der Waals surface area contributed by atoms with Crippen LogP contribution in [0.2, 0.25) is 0 Å². The summed E-state index contributed by atoms with van der Waals surface area (Å²) in [5.41, 5.74) is 9.81. The van der Waals surface area contributed by atoms with Crippen molar-refractivity contribution >= 4 is 35.8 Å². The fourth-order valence-electron chi connectivity index (χ4n) is 0.567. The lowest BCUT2D eigenvalue weighted by Crippen LogP contribution is -2.33. The van der Waals surface area contributed by atoms with Gasteiger partial charge in [0.15, 0.2) is 0 Å². The Labute approximate surface area is 185 Å². The Balaban J connectivity index is -0.0000000706. The lowest BCUT2D eigenvalue weighted by atomic mass is 10.5. The van der Waals surface area contributed by atoms with Crippen molar-refractivity contribution in [3.05, 3.63) is 0 Å². The molecule has 0 aliphatic heterocycles. The first-order valence-corrected chi connectivity index (χ1v) is 8.50. The Morgan fingerprint density at radius 2 is 0.688 bits per heavy atom. The predicted molar refractivity (Wildman–Crippen MR) is 112 cm³/mol. The van der Waals surface area contributed by atoms with Crippen molar-refractivity contribution in [1.82, 2.24) is 10.6 Å². The molecule has 0 heterocycles. The normalized spacial score (nSPS) is 7.69. The lowest BCUT2D eigenvalue weighted by Gasteiger charge is -2.01. The van der Waals surface area contributed by atoms with Crippen molar-refractivity contribution in [3.63, 3.8) is 0 Å². The molecular weight excluding hydrogens is 440 g/mol. The largest absolute Gasteiger partial charge is 0.481 e. The van der Waals surface area contributed by atoms with Crippen LogP contribution in [0.4, 0.5) is 0 Å². The molecular formula is C16H36N4O12. The number of nitrogens with two attached hydrogens (primary N) is 2. The van der Waals surface area contributed by atoms with Crippen LogP contribution in [0.15, 0.2) is 0 Å². The molecule has 0 radical (unpaired) electrons. The Morgan fingerprint density at radius 1 is 0.531 bits per heavy atom. The lowest BCUT2D eigenvalue weighted by molar-refractivity contribution is -0.137. The molecule has 0 aromatic carbocycles. The maximum absolute atomic E-state index is 9.96. The molecule has 16 heteroatoms. The van der Waals surface area contributed by atoms with Crippen LogP contribution in [0.1, 0.15) is 27.7 Å². The van der Waals surface area contributed by atoms with Crippen LogP contribution in [0, 0.1) is 0 Å². The van der Waals surface area contributed by atoms with Crippen LogP contribution >= 0.6 is 0 Å². The van der Waals surface area contributed by atoms with Crippen molar-refractivity contribution in [3.8, 4) is 0 Å². The van der Waals surface area contributed by atoms with Crippen molar-refractivity contribution in [2.45, 2.75) is 27.7 Å². The van der Waals surface area contributed by atoms with Crippen molar-refractivity contribution in [2.75, 3.05) is 39.3 Å². The van der Waals surface area contributed by atoms with Crippen LogP contribution in [0.5, 0.6) is 0 Å². The molecule has 0 aliphatic carbocycles. The zero-order chi connectivity index (χ0) is 27.1. The Hall–Kier alpha value is -3.34. The summed E-state index contributed by atoms with van der Waals surface area (Å²) in [4.78, 5) is 55.9. The summed E-state index contributed by atoms with van der Waals surface area (Å²) >= 11 is 0. The minimum atomic E-state index is -0.923. The van der Waals surface area contributed by atoms with E-state index in [1.807, 2.05) is 0 Å². The minimum absolute atomic E-state index is 0.102. The summed E-state index contributed by atoms with van der Waals surface area (Å²) in [6.07, 6.45) is 0. The summed E-state index contributed by atoms with van der Waals surface area (Å²) in [5, 5.41) is 51.2. The molecule has 0 spiro atoms. The van der Waals surface area contributed by atoms with E-state index in [1.165, 1.54) is 0 Å². The zero-order valence-electron chi connectivity index (χ0n) is 18.5. The number of aliphatic carboxylic acids is 6. The number of carboxylic acids is 6. The molecule has 192 valence electrons. The number of rotatable bonds is 8. The molecule has 0 aromatic rings. The average molecular weight is 476 g/mol. The highest BCUT2D eigenvalue weighted by molar-refractivity contribution is 5.69. The van der Waals surface area contributed by atoms with E-state index in [2.05, 4.69) is 10.6 Å². The van der Waals surface area contributed by atoms with Gasteiger partial charge in [0.05, 0.1) is 13.1 Å². The van der Waals surface area contributed by atoms with Gasteiger partial charge in [0.25, 0.3) is 23.9 Å². The van der Waals surface area contributed by atoms with Gasteiger partial charge >= 0.3 is 11.9 Å². The molecule has 0 rings (SSSR count). The molecule has 0 atom stereocenters. The fraction of sp³-hybridized carbons (Fsp3) is 0.625. The van der Waals surface area contributed by atoms with Crippen LogP contribution in [-0.2, 0) is 28.8 Å². The maximum atomic E-state index is 9.96. The van der Waals surface area contributed by atoms with Gasteiger partial charge in [-0.1, -0.05) is 0 Å². The number of nitrogens with one attached hydrogen (secondary N) is 2. The highest BCUT2D eigenvalue weighted by Gasteiger charge is 1.95. The van der Waals surface area contributed by atoms with Gasteiger partial charge in [0.2, 0.25) is 0 Å². The van der Waals surface area contributed by atoms with Gasteiger partial charge in [0.1, 0.15) is 0 Å². The smallest absolute Gasteiger partial charge is 0.317 e. The summed E-state index contributed by atoms with van der Waals surface area (Å²) in [5.74, 6) is -5.18. The van der Waals surface area contributed by atoms with Gasteiger partial charge < -0.3 is 52.7 Å². The van der Waals surface area contributed by atoms with Gasteiger partial charge in [-0.3, -0.25) is 28.8 Å². The number of carbonyl (C=O) groups is 6. The van der Waals surface area contributed by atoms with Gasteiger partial charge in [-0.2, -0.15) is 0 Å². The van der Waals surface area contributed by atoms with Gasteiger partial charge in [0, 0.05) is 53.9 Å². The van der Waals surface area contributed by atoms with E-state index in [-0.39, 0.29) is 13.1 Å². The maximum Gasteiger partial charge on any atom is 0.317 e. The van der Waals surface area contributed by atoms with Crippen LogP contribution < -0.4 is 22.1 Å². The van der Waals surface area contributed by atoms with Crippen molar-refractivity contribution in [1.29, 1.82) is 0 Å². The molecule has 0 aromatic heterocycles. The predicted octanol–water partition coefficient (Wildman–Crippen LogP) is -2.40. The molecule has 0 fully saturated rings. The SMILES string of the molecule is CC(=O)O.CC(=O)O.CC(=O)O.CC(=O)O.NCCN.O=C(O)CNCCNCC(=O)O. The van der Waals surface area contributed by atoms with Crippen LogP contribution in [0.3, 0.4) is 0 Å². The summed E-state index contributed by atoms with van der Waals surface area (Å²) < 4.78 is 0. The number of carboxylic acid groups (broad SMARTS) is 6. The van der Waals surface area contributed by atoms with Crippen LogP contribution in [0.25, 0.3) is 0 Å². The summed E-state index contributed by atoms with van der Waals surface area (Å²) in [6.45, 7) is 6.21. The molecule has 16 nitrogen and oxygen atoms in total. The van der Waals surface area contributed by atoms with E-state index < -0.39 is 35.8 Å². The highest BCUT2D eigenvalue weighted by Crippen LogP contribution is 1.63. The third-order valence-electron chi connectivity index (χ3n) is 1.20. The molecule has 0 bridgehead atoms. The fourth-order valence-corrected chi connectivity index (χ4v) is 0.567. The van der Waals surface area contributed by atoms with Crippen molar-refractivity contribution < 1.29 is 59.4 Å². The first-order valence-electron chi connectivity index (χ1n) is 8.50. The molecule has 0 unspecified atom stereocenters. The molecule has 0 aliphatic rings. The summed E-state index contributed by atoms with van der Waals surface area (Å²) in [6, 6.07) is 0.